The van der Waals surface area contributed by atoms with E-state index in [1.165, 1.54) is 0 Å². The van der Waals surface area contributed by atoms with E-state index >= 15 is 0 Å². The molecule has 1 aliphatic rings. The molecule has 0 saturated carbocycles. The minimum absolute atomic E-state index is 0.0121. The predicted molar refractivity (Wildman–Crippen MR) is 98.8 cm³/mol. The number of carbonyl (C=O) groups excluding carboxylic acids is 2. The summed E-state index contributed by atoms with van der Waals surface area (Å²) in [5.74, 6) is 0.625. The second-order valence-electron chi connectivity index (χ2n) is 5.70. The molecular weight excluding hydrogens is 336 g/mol. The number of ether oxygens (including phenoxy) is 1. The fourth-order valence-electron chi connectivity index (χ4n) is 2.71. The molecule has 2 heterocycles. The van der Waals surface area contributed by atoms with Crippen molar-refractivity contribution in [2.45, 2.75) is 0 Å². The Morgan fingerprint density at radius 2 is 1.84 bits per heavy atom. The topological polar surface area (TPSA) is 49.9 Å². The lowest BCUT2D eigenvalue weighted by Gasteiger charge is -2.34. The first-order valence-electron chi connectivity index (χ1n) is 8.11. The molecule has 3 rings (SSSR count). The standard InChI is InChI=1S/C19H20N2O3S/c1-24-16-5-2-4-15(14-16)19(23)21-11-9-20(10-12-21)18(22)8-7-17-6-3-13-25-17/h2-8,13-14H,9-12H2,1H3/b8-7+. The van der Waals surface area contributed by atoms with Gasteiger partial charge in [-0.2, -0.15) is 0 Å². The lowest BCUT2D eigenvalue weighted by atomic mass is 10.1. The van der Waals surface area contributed by atoms with E-state index in [1.807, 2.05) is 29.7 Å². The molecule has 2 amide bonds. The van der Waals surface area contributed by atoms with Gasteiger partial charge < -0.3 is 14.5 Å². The molecule has 0 spiro atoms. The molecule has 1 aromatic carbocycles. The fraction of sp³-hybridized carbons (Fsp3) is 0.263. The van der Waals surface area contributed by atoms with E-state index in [0.717, 1.165) is 4.88 Å². The van der Waals surface area contributed by atoms with Crippen molar-refractivity contribution in [1.82, 2.24) is 9.80 Å². The zero-order valence-electron chi connectivity index (χ0n) is 14.1. The normalized spacial score (nSPS) is 14.8. The van der Waals surface area contributed by atoms with E-state index in [-0.39, 0.29) is 11.8 Å². The highest BCUT2D eigenvalue weighted by molar-refractivity contribution is 7.10. The zero-order chi connectivity index (χ0) is 17.6. The van der Waals surface area contributed by atoms with Crippen LogP contribution < -0.4 is 4.74 Å². The van der Waals surface area contributed by atoms with Gasteiger partial charge in [0.15, 0.2) is 0 Å². The summed E-state index contributed by atoms with van der Waals surface area (Å²) < 4.78 is 5.17. The molecule has 1 fully saturated rings. The zero-order valence-corrected chi connectivity index (χ0v) is 14.9. The summed E-state index contributed by atoms with van der Waals surface area (Å²) in [4.78, 5) is 29.4. The molecule has 0 atom stereocenters. The maximum Gasteiger partial charge on any atom is 0.254 e. The Hall–Kier alpha value is -2.60. The Labute approximate surface area is 151 Å². The second kappa shape index (κ2) is 7.98. The van der Waals surface area contributed by atoms with Crippen molar-refractivity contribution in [3.63, 3.8) is 0 Å². The van der Waals surface area contributed by atoms with Crippen molar-refractivity contribution >= 4 is 29.2 Å². The monoisotopic (exact) mass is 356 g/mol. The van der Waals surface area contributed by atoms with Crippen LogP contribution >= 0.6 is 11.3 Å². The number of piperazine rings is 1. The van der Waals surface area contributed by atoms with Gasteiger partial charge >= 0.3 is 0 Å². The molecule has 1 aromatic heterocycles. The first kappa shape index (κ1) is 17.2. The van der Waals surface area contributed by atoms with Gasteiger partial charge in [0.2, 0.25) is 5.91 Å². The molecule has 0 radical (unpaired) electrons. The summed E-state index contributed by atoms with van der Waals surface area (Å²) in [7, 11) is 1.58. The summed E-state index contributed by atoms with van der Waals surface area (Å²) >= 11 is 1.60. The van der Waals surface area contributed by atoms with Crippen LogP contribution in [0.1, 0.15) is 15.2 Å². The third-order valence-corrected chi connectivity index (χ3v) is 4.97. The molecule has 6 heteroatoms. The first-order chi connectivity index (χ1) is 12.2. The van der Waals surface area contributed by atoms with Gasteiger partial charge in [0.1, 0.15) is 5.75 Å². The highest BCUT2D eigenvalue weighted by atomic mass is 32.1. The van der Waals surface area contributed by atoms with Crippen LogP contribution in [0.4, 0.5) is 0 Å². The Kier molecular flexibility index (Phi) is 5.50. The van der Waals surface area contributed by atoms with Crippen LogP contribution in [0, 0.1) is 0 Å². The van der Waals surface area contributed by atoms with Gasteiger partial charge in [-0.05, 0) is 35.7 Å². The van der Waals surface area contributed by atoms with E-state index in [1.54, 1.807) is 52.5 Å². The number of hydrogen-bond donors (Lipinski definition) is 0. The molecule has 1 saturated heterocycles. The number of nitrogens with zero attached hydrogens (tertiary/aromatic N) is 2. The average Bonchev–Trinajstić information content (AvgIpc) is 3.19. The molecule has 0 unspecified atom stereocenters. The molecule has 0 N–H and O–H groups in total. The number of benzene rings is 1. The molecule has 130 valence electrons. The minimum Gasteiger partial charge on any atom is -0.497 e. The van der Waals surface area contributed by atoms with E-state index in [0.29, 0.717) is 37.5 Å². The van der Waals surface area contributed by atoms with Crippen LogP contribution in [-0.4, -0.2) is 54.9 Å². The van der Waals surface area contributed by atoms with Gasteiger partial charge in [-0.1, -0.05) is 12.1 Å². The van der Waals surface area contributed by atoms with Gasteiger partial charge in [-0.25, -0.2) is 0 Å². The smallest absolute Gasteiger partial charge is 0.254 e. The number of amides is 2. The van der Waals surface area contributed by atoms with Gasteiger partial charge in [-0.3, -0.25) is 9.59 Å². The Morgan fingerprint density at radius 3 is 2.52 bits per heavy atom. The van der Waals surface area contributed by atoms with E-state index in [2.05, 4.69) is 0 Å². The quantitative estimate of drug-likeness (QED) is 0.792. The third-order valence-electron chi connectivity index (χ3n) is 4.13. The second-order valence-corrected chi connectivity index (χ2v) is 6.68. The summed E-state index contributed by atoms with van der Waals surface area (Å²) in [6.07, 6.45) is 3.44. The summed E-state index contributed by atoms with van der Waals surface area (Å²) in [6, 6.07) is 11.1. The van der Waals surface area contributed by atoms with Crippen LogP contribution in [0.3, 0.4) is 0 Å². The highest BCUT2D eigenvalue weighted by Gasteiger charge is 2.24. The van der Waals surface area contributed by atoms with Crippen LogP contribution in [0.2, 0.25) is 0 Å². The number of carbonyl (C=O) groups is 2. The lowest BCUT2D eigenvalue weighted by molar-refractivity contribution is -0.127. The third kappa shape index (κ3) is 4.28. The van der Waals surface area contributed by atoms with Gasteiger partial charge in [0.25, 0.3) is 5.91 Å². The van der Waals surface area contributed by atoms with Crippen molar-refractivity contribution < 1.29 is 14.3 Å². The highest BCUT2D eigenvalue weighted by Crippen LogP contribution is 2.16. The molecular formula is C19H20N2O3S. The fourth-order valence-corrected chi connectivity index (χ4v) is 3.33. The average molecular weight is 356 g/mol. The van der Waals surface area contributed by atoms with Crippen LogP contribution in [-0.2, 0) is 4.79 Å². The Bertz CT molecular complexity index is 763. The van der Waals surface area contributed by atoms with Crippen molar-refractivity contribution in [3.05, 3.63) is 58.3 Å². The van der Waals surface area contributed by atoms with Crippen molar-refractivity contribution in [2.24, 2.45) is 0 Å². The molecule has 2 aromatic rings. The lowest BCUT2D eigenvalue weighted by Crippen LogP contribution is -2.50. The molecule has 5 nitrogen and oxygen atoms in total. The number of thiophene rings is 1. The number of rotatable bonds is 4. The Morgan fingerprint density at radius 1 is 1.08 bits per heavy atom. The molecule has 0 aliphatic carbocycles. The van der Waals surface area contributed by atoms with Crippen LogP contribution in [0.5, 0.6) is 5.75 Å². The molecule has 0 bridgehead atoms. The van der Waals surface area contributed by atoms with Gasteiger partial charge in [0.05, 0.1) is 7.11 Å². The van der Waals surface area contributed by atoms with Crippen molar-refractivity contribution in [3.8, 4) is 5.75 Å². The van der Waals surface area contributed by atoms with E-state index < -0.39 is 0 Å². The van der Waals surface area contributed by atoms with Crippen molar-refractivity contribution in [1.29, 1.82) is 0 Å². The predicted octanol–water partition coefficient (Wildman–Crippen LogP) is 2.75. The summed E-state index contributed by atoms with van der Waals surface area (Å²) in [5, 5.41) is 1.98. The first-order valence-corrected chi connectivity index (χ1v) is 8.99. The van der Waals surface area contributed by atoms with E-state index in [9.17, 15) is 9.59 Å². The summed E-state index contributed by atoms with van der Waals surface area (Å²) in [5.41, 5.74) is 0.608. The van der Waals surface area contributed by atoms with Crippen LogP contribution in [0.15, 0.2) is 47.9 Å². The molecule has 25 heavy (non-hydrogen) atoms. The number of hydrogen-bond acceptors (Lipinski definition) is 4. The molecule has 1 aliphatic heterocycles. The maximum absolute atomic E-state index is 12.6. The Balaban J connectivity index is 1.56. The van der Waals surface area contributed by atoms with Crippen molar-refractivity contribution in [2.75, 3.05) is 33.3 Å². The minimum atomic E-state index is -0.0277. The maximum atomic E-state index is 12.6. The van der Waals surface area contributed by atoms with Crippen LogP contribution in [0.25, 0.3) is 6.08 Å². The SMILES string of the molecule is COc1cccc(C(=O)N2CCN(C(=O)/C=C/c3cccs3)CC2)c1. The van der Waals surface area contributed by atoms with Gasteiger partial charge in [0, 0.05) is 42.7 Å². The summed E-state index contributed by atoms with van der Waals surface area (Å²) in [6.45, 7) is 2.16. The number of methoxy groups -OCH3 is 1. The van der Waals surface area contributed by atoms with E-state index in [4.69, 9.17) is 4.74 Å². The van der Waals surface area contributed by atoms with Gasteiger partial charge in [-0.15, -0.1) is 11.3 Å². The largest absolute Gasteiger partial charge is 0.497 e.